The zero-order valence-corrected chi connectivity index (χ0v) is 9.10. The number of rotatable bonds is 4. The average molecular weight is 261 g/mol. The molecule has 8 heteroatoms. The number of hydrogen-bond donors (Lipinski definition) is 2. The second kappa shape index (κ2) is 6.45. The third-order valence-electron chi connectivity index (χ3n) is 2.23. The topological polar surface area (TPSA) is 75.1 Å². The van der Waals surface area contributed by atoms with Crippen LogP contribution in [0.25, 0.3) is 11.0 Å². The van der Waals surface area contributed by atoms with Crippen LogP contribution in [0.3, 0.4) is 0 Å². The summed E-state index contributed by atoms with van der Waals surface area (Å²) in [7, 11) is 0. The number of hydrogen-bond acceptors (Lipinski definition) is 4. The van der Waals surface area contributed by atoms with Crippen molar-refractivity contribution in [1.82, 2.24) is 9.97 Å². The van der Waals surface area contributed by atoms with Gasteiger partial charge in [0.2, 0.25) is 0 Å². The third kappa shape index (κ3) is 3.88. The molecule has 5 nitrogen and oxygen atoms in total. The summed E-state index contributed by atoms with van der Waals surface area (Å²) in [5.41, 5.74) is 0.358. The van der Waals surface area contributed by atoms with Crippen molar-refractivity contribution in [3.05, 3.63) is 30.0 Å². The van der Waals surface area contributed by atoms with Crippen molar-refractivity contribution in [2.24, 2.45) is 0 Å². The van der Waals surface area contributed by atoms with Crippen molar-refractivity contribution in [1.29, 1.82) is 0 Å². The number of fused-ring (bicyclic) bond motifs is 1. The van der Waals surface area contributed by atoms with Crippen molar-refractivity contribution in [2.45, 2.75) is 6.43 Å². The first-order valence-corrected chi connectivity index (χ1v) is 5.08. The molecule has 0 radical (unpaired) electrons. The van der Waals surface area contributed by atoms with Crippen molar-refractivity contribution < 1.29 is 18.7 Å². The van der Waals surface area contributed by atoms with Gasteiger partial charge in [0.1, 0.15) is 5.82 Å². The van der Waals surface area contributed by atoms with Crippen molar-refractivity contribution in [3.63, 3.8) is 0 Å². The van der Waals surface area contributed by atoms with Crippen LogP contribution in [-0.2, 0) is 0 Å². The van der Waals surface area contributed by atoms with Crippen LogP contribution in [0.2, 0.25) is 0 Å². The molecule has 96 valence electrons. The van der Waals surface area contributed by atoms with E-state index in [2.05, 4.69) is 15.3 Å². The van der Waals surface area contributed by atoms with Gasteiger partial charge in [0.15, 0.2) is 5.65 Å². The van der Waals surface area contributed by atoms with Gasteiger partial charge in [-0.15, -0.1) is 0 Å². The Balaban J connectivity index is 0.00000180. The molecule has 2 heterocycles. The molecule has 0 saturated heterocycles. The molecule has 0 atom stereocenters. The van der Waals surface area contributed by atoms with Gasteiger partial charge in [-0.2, -0.15) is 0 Å². The van der Waals surface area contributed by atoms with Crippen LogP contribution < -0.4 is 5.32 Å². The Kier molecular flexibility index (Phi) is 5.21. The summed E-state index contributed by atoms with van der Waals surface area (Å²) in [5, 5.41) is 11.8. The van der Waals surface area contributed by atoms with Gasteiger partial charge in [-0.3, -0.25) is 0 Å². The Hall–Kier alpha value is -1.71. The fourth-order valence-corrected chi connectivity index (χ4v) is 1.41. The van der Waals surface area contributed by atoms with Crippen LogP contribution in [0.15, 0.2) is 24.4 Å². The Bertz CT molecular complexity index is 595. The first-order chi connectivity index (χ1) is 8.56. The molecule has 0 fully saturated rings. The van der Waals surface area contributed by atoms with E-state index in [-0.39, 0.29) is 30.2 Å². The van der Waals surface area contributed by atoms with Crippen LogP contribution in [0.1, 0.15) is 10.4 Å². The number of aromatic carboxylic acids is 1. The molecule has 2 aromatic rings. The molecule has 19 heavy (non-hydrogen) atoms. The number of anilines is 1. The predicted octanol–water partition coefficient (Wildman–Crippen LogP) is 1.36. The molecule has 2 N–H and O–H groups in total. The molecule has 0 bridgehead atoms. The van der Waals surface area contributed by atoms with E-state index in [1.807, 2.05) is 0 Å². The summed E-state index contributed by atoms with van der Waals surface area (Å²) in [6.45, 7) is -0.494. The van der Waals surface area contributed by atoms with Gasteiger partial charge >= 0.3 is 24.8 Å². The zero-order chi connectivity index (χ0) is 13.1. The van der Waals surface area contributed by atoms with Gasteiger partial charge in [-0.05, 0) is 18.2 Å². The van der Waals surface area contributed by atoms with Gasteiger partial charge in [0.05, 0.1) is 12.1 Å². The van der Waals surface area contributed by atoms with Crippen LogP contribution in [-0.4, -0.2) is 52.9 Å². The van der Waals surface area contributed by atoms with Crippen molar-refractivity contribution in [3.8, 4) is 0 Å². The summed E-state index contributed by atoms with van der Waals surface area (Å²) in [6, 6.07) is 4.50. The number of aromatic nitrogens is 2. The third-order valence-corrected chi connectivity index (χ3v) is 2.23. The second-order valence-electron chi connectivity index (χ2n) is 3.54. The normalized spacial score (nSPS) is 10.3. The maximum absolute atomic E-state index is 12.0. The number of nitrogens with zero attached hydrogens (tertiary/aromatic N) is 2. The molecule has 0 aliphatic rings. The van der Waals surface area contributed by atoms with Crippen molar-refractivity contribution >= 4 is 41.7 Å². The van der Waals surface area contributed by atoms with Crippen LogP contribution in [0.4, 0.5) is 14.6 Å². The van der Waals surface area contributed by atoms with E-state index >= 15 is 0 Å². The first kappa shape index (κ1) is 15.3. The summed E-state index contributed by atoms with van der Waals surface area (Å²) >= 11 is 0. The predicted molar refractivity (Wildman–Crippen MR) is 68.1 cm³/mol. The molecule has 0 amide bonds. The van der Waals surface area contributed by atoms with E-state index in [0.29, 0.717) is 11.0 Å². The van der Waals surface area contributed by atoms with Gasteiger partial charge in [-0.1, -0.05) is 0 Å². The van der Waals surface area contributed by atoms with Crippen molar-refractivity contribution in [2.75, 3.05) is 11.9 Å². The van der Waals surface area contributed by atoms with Gasteiger partial charge < -0.3 is 10.4 Å². The molecule has 0 unspecified atom stereocenters. The maximum atomic E-state index is 12.0. The quantitative estimate of drug-likeness (QED) is 0.813. The SMILES string of the molecule is O=C(O)c1cnc2nc(NCC(F)F)ccc2c1.[LiH]. The van der Waals surface area contributed by atoms with Crippen LogP contribution >= 0.6 is 0 Å². The van der Waals surface area contributed by atoms with E-state index < -0.39 is 18.9 Å². The van der Waals surface area contributed by atoms with E-state index in [9.17, 15) is 13.6 Å². The number of nitrogens with one attached hydrogen (secondary N) is 1. The molecule has 0 aromatic carbocycles. The number of carboxylic acids is 1. The molecule has 0 saturated carbocycles. The monoisotopic (exact) mass is 261 g/mol. The number of halogens is 2. The van der Waals surface area contributed by atoms with Crippen LogP contribution in [0.5, 0.6) is 0 Å². The fourth-order valence-electron chi connectivity index (χ4n) is 1.41. The second-order valence-corrected chi connectivity index (χ2v) is 3.54. The minimum atomic E-state index is -2.47. The summed E-state index contributed by atoms with van der Waals surface area (Å²) in [6.07, 6.45) is -1.29. The summed E-state index contributed by atoms with van der Waals surface area (Å²) in [4.78, 5) is 18.6. The number of pyridine rings is 2. The molecule has 2 aromatic heterocycles. The Morgan fingerprint density at radius 1 is 1.42 bits per heavy atom. The number of alkyl halides is 2. The molecule has 2 rings (SSSR count). The zero-order valence-electron chi connectivity index (χ0n) is 9.10. The van der Waals surface area contributed by atoms with E-state index in [4.69, 9.17) is 5.11 Å². The van der Waals surface area contributed by atoms with Gasteiger partial charge in [0.25, 0.3) is 6.43 Å². The average Bonchev–Trinajstić information content (AvgIpc) is 2.35. The number of carbonyl (C=O) groups is 1. The molecular formula is C11H10F2LiN3O2. The Labute approximate surface area is 119 Å². The van der Waals surface area contributed by atoms with Gasteiger partial charge in [0, 0.05) is 11.6 Å². The van der Waals surface area contributed by atoms with Crippen LogP contribution in [0, 0.1) is 0 Å². The summed E-state index contributed by atoms with van der Waals surface area (Å²) in [5.74, 6) is -0.803. The standard InChI is InChI=1S/C11H9F2N3O2.Li.H/c12-8(13)5-14-9-2-1-6-3-7(11(17)18)4-15-10(6)16-9;;/h1-4,8H,5H2,(H,17,18)(H,14,15,16);;. The molecule has 0 aliphatic heterocycles. The number of carboxylic acid groups (broad SMARTS) is 1. The minimum absolute atomic E-state index is 0. The van der Waals surface area contributed by atoms with E-state index in [0.717, 1.165) is 0 Å². The molecule has 0 spiro atoms. The Morgan fingerprint density at radius 2 is 2.16 bits per heavy atom. The fraction of sp³-hybridized carbons (Fsp3) is 0.182. The van der Waals surface area contributed by atoms with E-state index in [1.165, 1.54) is 18.3 Å². The Morgan fingerprint density at radius 3 is 2.79 bits per heavy atom. The first-order valence-electron chi connectivity index (χ1n) is 5.08. The molecule has 0 aliphatic carbocycles. The van der Waals surface area contributed by atoms with E-state index in [1.54, 1.807) is 6.07 Å². The van der Waals surface area contributed by atoms with Gasteiger partial charge in [-0.25, -0.2) is 23.5 Å². The molecular weight excluding hydrogens is 251 g/mol. The summed E-state index contributed by atoms with van der Waals surface area (Å²) < 4.78 is 24.0.